The van der Waals surface area contributed by atoms with E-state index in [1.54, 1.807) is 24.3 Å². The van der Waals surface area contributed by atoms with Gasteiger partial charge in [0.05, 0.1) is 22.2 Å². The Labute approximate surface area is 158 Å². The molecular weight excluding hydrogens is 366 g/mol. The topological polar surface area (TPSA) is 136 Å². The average Bonchev–Trinajstić information content (AvgIpc) is 2.65. The first-order valence-electron chi connectivity index (χ1n) is 8.14. The van der Waals surface area contributed by atoms with E-state index in [9.17, 15) is 24.5 Å². The summed E-state index contributed by atoms with van der Waals surface area (Å²) in [6, 6.07) is 10.2. The molecule has 28 heavy (non-hydrogen) atoms. The number of amides is 2. The normalized spacial score (nSPS) is 10.5. The minimum atomic E-state index is -0.604. The van der Waals surface area contributed by atoms with E-state index < -0.39 is 16.4 Å². The zero-order valence-electron chi connectivity index (χ0n) is 14.7. The van der Waals surface area contributed by atoms with E-state index in [2.05, 4.69) is 15.6 Å². The molecule has 0 saturated heterocycles. The van der Waals surface area contributed by atoms with Gasteiger partial charge >= 0.3 is 0 Å². The van der Waals surface area contributed by atoms with Crippen LogP contribution in [0.5, 0.6) is 0 Å². The molecule has 1 aromatic heterocycles. The molecule has 0 spiro atoms. The van der Waals surface area contributed by atoms with Crippen molar-refractivity contribution in [1.82, 2.24) is 9.55 Å². The first-order valence-corrected chi connectivity index (χ1v) is 8.14. The van der Waals surface area contributed by atoms with Crippen LogP contribution in [0.15, 0.2) is 53.6 Å². The molecule has 0 aliphatic heterocycles. The van der Waals surface area contributed by atoms with E-state index in [-0.39, 0.29) is 23.5 Å². The highest BCUT2D eigenvalue weighted by molar-refractivity contribution is 5.92. The summed E-state index contributed by atoms with van der Waals surface area (Å²) in [5.74, 6) is -0.679. The molecule has 0 aliphatic carbocycles. The molecule has 3 rings (SSSR count). The first kappa shape index (κ1) is 18.7. The molecule has 142 valence electrons. The van der Waals surface area contributed by atoms with Crippen LogP contribution < -0.4 is 16.2 Å². The lowest BCUT2D eigenvalue weighted by Crippen LogP contribution is -2.28. The number of anilines is 2. The minimum Gasteiger partial charge on any atom is -0.326 e. The summed E-state index contributed by atoms with van der Waals surface area (Å²) in [5, 5.41) is 16.2. The van der Waals surface area contributed by atoms with Crippen LogP contribution in [0, 0.1) is 10.1 Å². The highest BCUT2D eigenvalue weighted by atomic mass is 16.6. The largest absolute Gasteiger partial charge is 0.326 e. The van der Waals surface area contributed by atoms with E-state index in [4.69, 9.17) is 0 Å². The van der Waals surface area contributed by atoms with Crippen LogP contribution in [0.25, 0.3) is 10.9 Å². The number of nitrogens with zero attached hydrogens (tertiary/aromatic N) is 3. The van der Waals surface area contributed by atoms with Gasteiger partial charge in [-0.15, -0.1) is 0 Å². The summed E-state index contributed by atoms with van der Waals surface area (Å²) in [6.07, 6.45) is 1.22. The lowest BCUT2D eigenvalue weighted by molar-refractivity contribution is -0.384. The number of hydrogen-bond donors (Lipinski definition) is 2. The second-order valence-corrected chi connectivity index (χ2v) is 5.94. The van der Waals surface area contributed by atoms with Crippen LogP contribution in [-0.2, 0) is 16.1 Å². The first-order chi connectivity index (χ1) is 13.3. The second-order valence-electron chi connectivity index (χ2n) is 5.94. The maximum atomic E-state index is 12.5. The van der Waals surface area contributed by atoms with Gasteiger partial charge in [-0.05, 0) is 30.3 Å². The third-order valence-corrected chi connectivity index (χ3v) is 3.82. The zero-order valence-corrected chi connectivity index (χ0v) is 14.7. The molecule has 10 heteroatoms. The van der Waals surface area contributed by atoms with Crippen LogP contribution in [0.4, 0.5) is 17.1 Å². The SMILES string of the molecule is CC(=O)Nc1ccc(NC(=O)Cn2cnc3ccc([N+](=O)[O-])cc3c2=O)cc1. The zero-order chi connectivity index (χ0) is 20.3. The van der Waals surface area contributed by atoms with Crippen LogP contribution in [0.1, 0.15) is 6.92 Å². The summed E-state index contributed by atoms with van der Waals surface area (Å²) < 4.78 is 1.08. The molecule has 10 nitrogen and oxygen atoms in total. The molecule has 3 aromatic rings. The lowest BCUT2D eigenvalue weighted by Gasteiger charge is -2.09. The number of nitro groups is 1. The Balaban J connectivity index is 1.77. The highest BCUT2D eigenvalue weighted by Gasteiger charge is 2.12. The number of carbonyl (C=O) groups is 2. The molecule has 2 N–H and O–H groups in total. The van der Waals surface area contributed by atoms with Crippen molar-refractivity contribution in [2.45, 2.75) is 13.5 Å². The van der Waals surface area contributed by atoms with E-state index in [1.807, 2.05) is 0 Å². The van der Waals surface area contributed by atoms with Crippen molar-refractivity contribution in [2.75, 3.05) is 10.6 Å². The number of carbonyl (C=O) groups excluding carboxylic acids is 2. The Hall–Kier alpha value is -4.08. The number of rotatable bonds is 5. The number of nitro benzene ring substituents is 1. The van der Waals surface area contributed by atoms with Gasteiger partial charge in [0, 0.05) is 30.4 Å². The fourth-order valence-electron chi connectivity index (χ4n) is 2.57. The fourth-order valence-corrected chi connectivity index (χ4v) is 2.57. The van der Waals surface area contributed by atoms with Gasteiger partial charge in [0.15, 0.2) is 0 Å². The summed E-state index contributed by atoms with van der Waals surface area (Å²) in [6.45, 7) is 1.08. The molecule has 2 aromatic carbocycles. The lowest BCUT2D eigenvalue weighted by atomic mass is 10.2. The standard InChI is InChI=1S/C18H15N5O5/c1-11(24)20-12-2-4-13(5-3-12)21-17(25)9-22-10-19-16-7-6-14(23(27)28)8-15(16)18(22)26/h2-8,10H,9H2,1H3,(H,20,24)(H,21,25). The van der Waals surface area contributed by atoms with Crippen molar-refractivity contribution in [3.8, 4) is 0 Å². The third-order valence-electron chi connectivity index (χ3n) is 3.82. The highest BCUT2D eigenvalue weighted by Crippen LogP contribution is 2.16. The molecule has 2 amide bonds. The predicted molar refractivity (Wildman–Crippen MR) is 102 cm³/mol. The molecule has 1 heterocycles. The number of nitrogens with one attached hydrogen (secondary N) is 2. The predicted octanol–water partition coefficient (Wildman–Crippen LogP) is 1.90. The average molecular weight is 381 g/mol. The molecule has 0 unspecified atom stereocenters. The van der Waals surface area contributed by atoms with Crippen LogP contribution in [-0.4, -0.2) is 26.3 Å². The fraction of sp³-hybridized carbons (Fsp3) is 0.111. The molecule has 0 atom stereocenters. The Morgan fingerprint density at radius 1 is 1.11 bits per heavy atom. The smallest absolute Gasteiger partial charge is 0.270 e. The number of hydrogen-bond acceptors (Lipinski definition) is 6. The minimum absolute atomic E-state index is 0.0594. The summed E-state index contributed by atoms with van der Waals surface area (Å²) >= 11 is 0. The number of non-ortho nitro benzene ring substituents is 1. The molecule has 0 saturated carbocycles. The van der Waals surface area contributed by atoms with Crippen molar-refractivity contribution in [1.29, 1.82) is 0 Å². The van der Waals surface area contributed by atoms with Gasteiger partial charge < -0.3 is 10.6 Å². The molecular formula is C18H15N5O5. The quantitative estimate of drug-likeness (QED) is 0.512. The van der Waals surface area contributed by atoms with Gasteiger partial charge in [-0.3, -0.25) is 29.1 Å². The van der Waals surface area contributed by atoms with Gasteiger partial charge in [-0.2, -0.15) is 0 Å². The number of benzene rings is 2. The Morgan fingerprint density at radius 2 is 1.75 bits per heavy atom. The van der Waals surface area contributed by atoms with Crippen molar-refractivity contribution in [2.24, 2.45) is 0 Å². The van der Waals surface area contributed by atoms with E-state index in [1.165, 1.54) is 25.4 Å². The van der Waals surface area contributed by atoms with E-state index >= 15 is 0 Å². The summed E-state index contributed by atoms with van der Waals surface area (Å²) in [4.78, 5) is 50.1. The van der Waals surface area contributed by atoms with Gasteiger partial charge in [-0.1, -0.05) is 0 Å². The monoisotopic (exact) mass is 381 g/mol. The number of aromatic nitrogens is 2. The maximum Gasteiger partial charge on any atom is 0.270 e. The van der Waals surface area contributed by atoms with Crippen molar-refractivity contribution >= 4 is 39.8 Å². The van der Waals surface area contributed by atoms with Gasteiger partial charge in [0.1, 0.15) is 6.54 Å². The maximum absolute atomic E-state index is 12.5. The summed E-state index contributed by atoms with van der Waals surface area (Å²) in [7, 11) is 0. The Bertz CT molecular complexity index is 1140. The van der Waals surface area contributed by atoms with Crippen LogP contribution in [0.2, 0.25) is 0 Å². The van der Waals surface area contributed by atoms with Crippen molar-refractivity contribution < 1.29 is 14.5 Å². The van der Waals surface area contributed by atoms with Crippen molar-refractivity contribution in [3.05, 3.63) is 69.3 Å². The van der Waals surface area contributed by atoms with Crippen LogP contribution in [0.3, 0.4) is 0 Å². The molecule has 0 bridgehead atoms. The molecule has 0 fully saturated rings. The van der Waals surface area contributed by atoms with Gasteiger partial charge in [-0.25, -0.2) is 4.98 Å². The molecule has 0 radical (unpaired) electrons. The Kier molecular flexibility index (Phi) is 5.12. The van der Waals surface area contributed by atoms with Gasteiger partial charge in [0.25, 0.3) is 11.2 Å². The third kappa shape index (κ3) is 4.18. The van der Waals surface area contributed by atoms with Crippen LogP contribution >= 0.6 is 0 Å². The van der Waals surface area contributed by atoms with E-state index in [0.29, 0.717) is 16.9 Å². The Morgan fingerprint density at radius 3 is 2.36 bits per heavy atom. The number of fused-ring (bicyclic) bond motifs is 1. The molecule has 0 aliphatic rings. The summed E-state index contributed by atoms with van der Waals surface area (Å²) in [5.41, 5.74) is 0.595. The second kappa shape index (κ2) is 7.66. The van der Waals surface area contributed by atoms with Crippen molar-refractivity contribution in [3.63, 3.8) is 0 Å². The van der Waals surface area contributed by atoms with E-state index in [0.717, 1.165) is 10.6 Å². The van der Waals surface area contributed by atoms with Gasteiger partial charge in [0.2, 0.25) is 11.8 Å².